The Morgan fingerprint density at radius 3 is 2.89 bits per heavy atom. The van der Waals surface area contributed by atoms with Crippen LogP contribution in [-0.4, -0.2) is 29.0 Å². The molecule has 1 aromatic heterocycles. The Labute approximate surface area is 119 Å². The fourth-order valence-corrected chi connectivity index (χ4v) is 3.54. The fraction of sp³-hybridized carbons (Fsp3) is 0.643. The minimum Gasteiger partial charge on any atom is -0.327 e. The summed E-state index contributed by atoms with van der Waals surface area (Å²) < 4.78 is 13.1. The predicted octanol–water partition coefficient (Wildman–Crippen LogP) is 2.20. The van der Waals surface area contributed by atoms with Crippen LogP contribution in [0.3, 0.4) is 0 Å². The van der Waals surface area contributed by atoms with E-state index in [1.807, 2.05) is 0 Å². The van der Waals surface area contributed by atoms with Crippen molar-refractivity contribution in [1.29, 1.82) is 0 Å². The number of hydrogen-bond acceptors (Lipinski definition) is 3. The van der Waals surface area contributed by atoms with Crippen molar-refractivity contribution in [3.05, 3.63) is 29.8 Å². The Morgan fingerprint density at radius 1 is 1.32 bits per heavy atom. The summed E-state index contributed by atoms with van der Waals surface area (Å²) in [6, 6.07) is 1.94. The minimum absolute atomic E-state index is 0. The van der Waals surface area contributed by atoms with Gasteiger partial charge in [0, 0.05) is 31.9 Å². The molecule has 106 valence electrons. The first-order valence-electron chi connectivity index (χ1n) is 6.80. The maximum absolute atomic E-state index is 13.1. The van der Waals surface area contributed by atoms with Crippen LogP contribution in [0.2, 0.25) is 0 Å². The highest BCUT2D eigenvalue weighted by molar-refractivity contribution is 5.85. The number of halogens is 2. The zero-order chi connectivity index (χ0) is 12.5. The molecule has 1 aliphatic heterocycles. The van der Waals surface area contributed by atoms with Crippen molar-refractivity contribution < 1.29 is 4.39 Å². The molecule has 2 N–H and O–H groups in total. The van der Waals surface area contributed by atoms with Crippen LogP contribution in [0.1, 0.15) is 24.8 Å². The lowest BCUT2D eigenvalue weighted by Gasteiger charge is -2.29. The smallest absolute Gasteiger partial charge is 0.141 e. The molecule has 3 unspecified atom stereocenters. The first-order chi connectivity index (χ1) is 8.72. The summed E-state index contributed by atoms with van der Waals surface area (Å²) in [6.07, 6.45) is 6.73. The standard InChI is InChI=1S/C14H20FN3.ClH/c15-12-4-10(5-17-6-12)7-18-8-11-2-1-3-14(16)13(11)9-18;/h4-6,11,13-14H,1-3,7-9,16H2;1H. The lowest BCUT2D eigenvalue weighted by atomic mass is 9.78. The topological polar surface area (TPSA) is 42.1 Å². The molecular formula is C14H21ClFN3. The molecule has 3 nitrogen and oxygen atoms in total. The number of fused-ring (bicyclic) bond motifs is 1. The number of nitrogens with zero attached hydrogens (tertiary/aromatic N) is 2. The molecule has 19 heavy (non-hydrogen) atoms. The fourth-order valence-electron chi connectivity index (χ4n) is 3.54. The highest BCUT2D eigenvalue weighted by Gasteiger charge is 2.38. The van der Waals surface area contributed by atoms with Gasteiger partial charge in [-0.2, -0.15) is 0 Å². The first-order valence-corrected chi connectivity index (χ1v) is 6.80. The van der Waals surface area contributed by atoms with Gasteiger partial charge in [0.25, 0.3) is 0 Å². The zero-order valence-electron chi connectivity index (χ0n) is 11.0. The summed E-state index contributed by atoms with van der Waals surface area (Å²) in [5.41, 5.74) is 7.16. The van der Waals surface area contributed by atoms with Gasteiger partial charge in [-0.3, -0.25) is 9.88 Å². The summed E-state index contributed by atoms with van der Waals surface area (Å²) in [5.74, 6) is 1.14. The third-order valence-electron chi connectivity index (χ3n) is 4.40. The maximum atomic E-state index is 13.1. The van der Waals surface area contributed by atoms with Crippen molar-refractivity contribution in [3.8, 4) is 0 Å². The molecule has 5 heteroatoms. The Morgan fingerprint density at radius 2 is 2.16 bits per heavy atom. The molecule has 1 saturated heterocycles. The summed E-state index contributed by atoms with van der Waals surface area (Å²) >= 11 is 0. The molecule has 2 aliphatic rings. The zero-order valence-corrected chi connectivity index (χ0v) is 11.8. The molecule has 2 heterocycles. The van der Waals surface area contributed by atoms with E-state index in [1.165, 1.54) is 19.0 Å². The normalized spacial score (nSPS) is 30.7. The molecule has 0 amide bonds. The van der Waals surface area contributed by atoms with E-state index in [2.05, 4.69) is 9.88 Å². The summed E-state index contributed by atoms with van der Waals surface area (Å²) in [4.78, 5) is 6.31. The number of hydrogen-bond donors (Lipinski definition) is 1. The average Bonchev–Trinajstić information content (AvgIpc) is 2.73. The Hall–Kier alpha value is -0.710. The SMILES string of the molecule is Cl.NC1CCCC2CN(Cc3cncc(F)c3)CC12. The number of rotatable bonds is 2. The van der Waals surface area contributed by atoms with E-state index in [-0.39, 0.29) is 18.2 Å². The van der Waals surface area contributed by atoms with Crippen molar-refractivity contribution in [3.63, 3.8) is 0 Å². The van der Waals surface area contributed by atoms with Gasteiger partial charge in [0.1, 0.15) is 5.82 Å². The van der Waals surface area contributed by atoms with Gasteiger partial charge in [0.2, 0.25) is 0 Å². The van der Waals surface area contributed by atoms with Gasteiger partial charge in [0.05, 0.1) is 6.20 Å². The second kappa shape index (κ2) is 6.16. The average molecular weight is 286 g/mol. The number of nitrogens with two attached hydrogens (primary N) is 1. The van der Waals surface area contributed by atoms with E-state index >= 15 is 0 Å². The molecule has 3 atom stereocenters. The summed E-state index contributed by atoms with van der Waals surface area (Å²) in [7, 11) is 0. The lowest BCUT2D eigenvalue weighted by molar-refractivity contribution is 0.259. The van der Waals surface area contributed by atoms with E-state index in [4.69, 9.17) is 5.73 Å². The molecule has 0 spiro atoms. The van der Waals surface area contributed by atoms with Crippen LogP contribution in [-0.2, 0) is 6.54 Å². The number of aromatic nitrogens is 1. The van der Waals surface area contributed by atoms with Crippen LogP contribution < -0.4 is 5.73 Å². The molecular weight excluding hydrogens is 265 g/mol. The third-order valence-corrected chi connectivity index (χ3v) is 4.40. The van der Waals surface area contributed by atoms with Crippen LogP contribution in [0.4, 0.5) is 4.39 Å². The van der Waals surface area contributed by atoms with Crippen molar-refractivity contribution in [2.75, 3.05) is 13.1 Å². The first kappa shape index (κ1) is 14.7. The van der Waals surface area contributed by atoms with Crippen molar-refractivity contribution in [2.24, 2.45) is 17.6 Å². The summed E-state index contributed by atoms with van der Waals surface area (Å²) in [5, 5.41) is 0. The minimum atomic E-state index is -0.249. The van der Waals surface area contributed by atoms with E-state index in [1.54, 1.807) is 12.3 Å². The quantitative estimate of drug-likeness (QED) is 0.906. The molecule has 0 aromatic carbocycles. The lowest BCUT2D eigenvalue weighted by Crippen LogP contribution is -2.38. The summed E-state index contributed by atoms with van der Waals surface area (Å²) in [6.45, 7) is 2.96. The Kier molecular flexibility index (Phi) is 4.76. The largest absolute Gasteiger partial charge is 0.327 e. The van der Waals surface area contributed by atoms with Crippen LogP contribution in [0, 0.1) is 17.7 Å². The van der Waals surface area contributed by atoms with E-state index in [9.17, 15) is 4.39 Å². The van der Waals surface area contributed by atoms with Crippen LogP contribution >= 0.6 is 12.4 Å². The monoisotopic (exact) mass is 285 g/mol. The van der Waals surface area contributed by atoms with Crippen LogP contribution in [0.5, 0.6) is 0 Å². The predicted molar refractivity (Wildman–Crippen MR) is 75.5 cm³/mol. The number of pyridine rings is 1. The van der Waals surface area contributed by atoms with Crippen LogP contribution in [0.15, 0.2) is 18.5 Å². The second-order valence-corrected chi connectivity index (χ2v) is 5.72. The molecule has 3 rings (SSSR count). The number of likely N-dealkylation sites (tertiary alicyclic amines) is 1. The van der Waals surface area contributed by atoms with Crippen molar-refractivity contribution >= 4 is 12.4 Å². The van der Waals surface area contributed by atoms with Gasteiger partial charge in [0.15, 0.2) is 0 Å². The molecule has 1 aromatic rings. The molecule has 1 saturated carbocycles. The van der Waals surface area contributed by atoms with Gasteiger partial charge < -0.3 is 5.73 Å². The van der Waals surface area contributed by atoms with Crippen molar-refractivity contribution in [1.82, 2.24) is 9.88 Å². The van der Waals surface area contributed by atoms with Crippen LogP contribution in [0.25, 0.3) is 0 Å². The Bertz CT molecular complexity index is 429. The van der Waals surface area contributed by atoms with Gasteiger partial charge in [-0.15, -0.1) is 12.4 Å². The van der Waals surface area contributed by atoms with E-state index < -0.39 is 0 Å². The maximum Gasteiger partial charge on any atom is 0.141 e. The van der Waals surface area contributed by atoms with E-state index in [0.717, 1.165) is 37.5 Å². The van der Waals surface area contributed by atoms with Gasteiger partial charge in [-0.1, -0.05) is 6.42 Å². The second-order valence-electron chi connectivity index (χ2n) is 5.72. The molecule has 1 aliphatic carbocycles. The molecule has 0 radical (unpaired) electrons. The van der Waals surface area contributed by atoms with Gasteiger partial charge >= 0.3 is 0 Å². The van der Waals surface area contributed by atoms with Crippen molar-refractivity contribution in [2.45, 2.75) is 31.8 Å². The highest BCUT2D eigenvalue weighted by Crippen LogP contribution is 2.35. The third kappa shape index (κ3) is 3.25. The van der Waals surface area contributed by atoms with E-state index in [0.29, 0.717) is 12.0 Å². The Balaban J connectivity index is 0.00000133. The highest BCUT2D eigenvalue weighted by atomic mass is 35.5. The van der Waals surface area contributed by atoms with Gasteiger partial charge in [-0.05, 0) is 36.3 Å². The van der Waals surface area contributed by atoms with Gasteiger partial charge in [-0.25, -0.2) is 4.39 Å². The molecule has 2 fully saturated rings. The molecule has 0 bridgehead atoms.